The van der Waals surface area contributed by atoms with Crippen molar-refractivity contribution in [3.05, 3.63) is 100 Å². The Labute approximate surface area is 194 Å². The van der Waals surface area contributed by atoms with Crippen LogP contribution in [0.5, 0.6) is 0 Å². The van der Waals surface area contributed by atoms with Gasteiger partial charge in [0.2, 0.25) is 10.0 Å². The third kappa shape index (κ3) is 4.97. The summed E-state index contributed by atoms with van der Waals surface area (Å²) < 4.78 is 26.2. The van der Waals surface area contributed by atoms with Gasteiger partial charge < -0.3 is 5.32 Å². The summed E-state index contributed by atoms with van der Waals surface area (Å²) in [4.78, 5) is 12.9. The average Bonchev–Trinajstić information content (AvgIpc) is 2.78. The highest BCUT2D eigenvalue weighted by Crippen LogP contribution is 2.30. The minimum absolute atomic E-state index is 0.0140. The van der Waals surface area contributed by atoms with Crippen molar-refractivity contribution in [2.75, 3.05) is 10.6 Å². The maximum Gasteiger partial charge on any atom is 0.251 e. The highest BCUT2D eigenvalue weighted by Gasteiger charge is 2.23. The number of carbonyl (C=O) groups is 1. The Morgan fingerprint density at radius 2 is 1.72 bits per heavy atom. The molecule has 1 aliphatic rings. The van der Waals surface area contributed by atoms with E-state index in [-0.39, 0.29) is 18.5 Å². The molecule has 0 aliphatic heterocycles. The molecule has 5 nitrogen and oxygen atoms in total. The van der Waals surface area contributed by atoms with Gasteiger partial charge in [-0.15, -0.1) is 0 Å². The molecule has 3 aromatic rings. The van der Waals surface area contributed by atoms with Crippen molar-refractivity contribution < 1.29 is 13.2 Å². The highest BCUT2D eigenvalue weighted by atomic mass is 35.5. The summed E-state index contributed by atoms with van der Waals surface area (Å²) in [5.41, 5.74) is 4.13. The van der Waals surface area contributed by atoms with Crippen LogP contribution < -0.4 is 9.62 Å². The number of sulfonamides is 1. The summed E-state index contributed by atoms with van der Waals surface area (Å²) in [6, 6.07) is 22.0. The lowest BCUT2D eigenvalue weighted by Crippen LogP contribution is -2.31. The zero-order valence-electron chi connectivity index (χ0n) is 17.8. The molecule has 166 valence electrons. The first kappa shape index (κ1) is 22.4. The van der Waals surface area contributed by atoms with Crippen LogP contribution in [-0.4, -0.2) is 20.6 Å². The Balaban J connectivity index is 1.52. The zero-order chi connectivity index (χ0) is 22.7. The van der Waals surface area contributed by atoms with E-state index in [0.717, 1.165) is 25.5 Å². The van der Waals surface area contributed by atoms with Crippen molar-refractivity contribution in [2.24, 2.45) is 0 Å². The molecule has 0 saturated carbocycles. The maximum absolute atomic E-state index is 12.9. The van der Waals surface area contributed by atoms with E-state index in [2.05, 4.69) is 17.4 Å². The molecule has 3 aromatic carbocycles. The predicted octanol–water partition coefficient (Wildman–Crippen LogP) is 5.11. The predicted molar refractivity (Wildman–Crippen MR) is 129 cm³/mol. The zero-order valence-corrected chi connectivity index (χ0v) is 19.4. The van der Waals surface area contributed by atoms with Gasteiger partial charge in [-0.3, -0.25) is 9.10 Å². The molecule has 0 spiro atoms. The molecular weight excluding hydrogens is 444 g/mol. The summed E-state index contributed by atoms with van der Waals surface area (Å²) in [5, 5.41) is 3.63. The second kappa shape index (κ2) is 9.35. The SMILES string of the molecule is CS(=O)(=O)N(Cc1ccccc1Cl)c1ccc(C(=O)N[C@@H]2CCCc3ccccc32)cc1. The Morgan fingerprint density at radius 3 is 2.44 bits per heavy atom. The minimum Gasteiger partial charge on any atom is -0.345 e. The molecule has 0 aromatic heterocycles. The topological polar surface area (TPSA) is 66.5 Å². The van der Waals surface area contributed by atoms with Gasteiger partial charge in [0, 0.05) is 10.6 Å². The third-order valence-electron chi connectivity index (χ3n) is 5.76. The largest absolute Gasteiger partial charge is 0.345 e. The Hall–Kier alpha value is -2.83. The number of benzene rings is 3. The van der Waals surface area contributed by atoms with Crippen molar-refractivity contribution in [1.29, 1.82) is 0 Å². The molecule has 1 atom stereocenters. The van der Waals surface area contributed by atoms with E-state index in [9.17, 15) is 13.2 Å². The fourth-order valence-corrected chi connectivity index (χ4v) is 5.18. The molecule has 1 aliphatic carbocycles. The number of rotatable bonds is 6. The van der Waals surface area contributed by atoms with Crippen molar-refractivity contribution in [1.82, 2.24) is 5.32 Å². The monoisotopic (exact) mass is 468 g/mol. The number of nitrogens with one attached hydrogen (secondary N) is 1. The number of anilines is 1. The van der Waals surface area contributed by atoms with Gasteiger partial charge in [0.1, 0.15) is 0 Å². The van der Waals surface area contributed by atoms with E-state index in [1.165, 1.54) is 15.4 Å². The van der Waals surface area contributed by atoms with Crippen LogP contribution in [0.3, 0.4) is 0 Å². The normalized spacial score (nSPS) is 15.6. The average molecular weight is 469 g/mol. The van der Waals surface area contributed by atoms with Crippen LogP contribution in [0.15, 0.2) is 72.8 Å². The number of fused-ring (bicyclic) bond motifs is 1. The lowest BCUT2D eigenvalue weighted by atomic mass is 9.87. The minimum atomic E-state index is -3.55. The van der Waals surface area contributed by atoms with E-state index >= 15 is 0 Å². The molecule has 0 heterocycles. The molecule has 4 rings (SSSR count). The van der Waals surface area contributed by atoms with Crippen LogP contribution in [-0.2, 0) is 23.0 Å². The number of hydrogen-bond acceptors (Lipinski definition) is 3. The van der Waals surface area contributed by atoms with Gasteiger partial charge in [0.25, 0.3) is 5.91 Å². The number of carbonyl (C=O) groups excluding carboxylic acids is 1. The van der Waals surface area contributed by atoms with E-state index in [1.807, 2.05) is 18.2 Å². The quantitative estimate of drug-likeness (QED) is 0.546. The smallest absolute Gasteiger partial charge is 0.251 e. The summed E-state index contributed by atoms with van der Waals surface area (Å²) in [6.45, 7) is 0.114. The third-order valence-corrected chi connectivity index (χ3v) is 7.27. The van der Waals surface area contributed by atoms with Gasteiger partial charge >= 0.3 is 0 Å². The Kier molecular flexibility index (Phi) is 6.53. The summed E-state index contributed by atoms with van der Waals surface area (Å²) in [7, 11) is -3.55. The highest BCUT2D eigenvalue weighted by molar-refractivity contribution is 7.92. The van der Waals surface area contributed by atoms with Gasteiger partial charge in [0.05, 0.1) is 24.5 Å². The van der Waals surface area contributed by atoms with Crippen LogP contribution in [0.1, 0.15) is 45.9 Å². The number of aryl methyl sites for hydroxylation is 1. The van der Waals surface area contributed by atoms with Crippen LogP contribution in [0.25, 0.3) is 0 Å². The van der Waals surface area contributed by atoms with Crippen molar-refractivity contribution in [2.45, 2.75) is 31.8 Å². The van der Waals surface area contributed by atoms with Gasteiger partial charge in [-0.1, -0.05) is 54.1 Å². The first-order chi connectivity index (χ1) is 15.3. The Bertz CT molecular complexity index is 1230. The van der Waals surface area contributed by atoms with E-state index in [0.29, 0.717) is 21.8 Å². The summed E-state index contributed by atoms with van der Waals surface area (Å²) in [5.74, 6) is -0.171. The number of nitrogens with zero attached hydrogens (tertiary/aromatic N) is 1. The summed E-state index contributed by atoms with van der Waals surface area (Å²) in [6.07, 6.45) is 4.13. The first-order valence-electron chi connectivity index (χ1n) is 10.5. The van der Waals surface area contributed by atoms with Crippen LogP contribution in [0.2, 0.25) is 5.02 Å². The van der Waals surface area contributed by atoms with Gasteiger partial charge in [-0.2, -0.15) is 0 Å². The molecule has 32 heavy (non-hydrogen) atoms. The van der Waals surface area contributed by atoms with Crippen LogP contribution in [0.4, 0.5) is 5.69 Å². The van der Waals surface area contributed by atoms with E-state index in [4.69, 9.17) is 11.6 Å². The van der Waals surface area contributed by atoms with Crippen LogP contribution in [0, 0.1) is 0 Å². The maximum atomic E-state index is 12.9. The lowest BCUT2D eigenvalue weighted by Gasteiger charge is -2.26. The van der Waals surface area contributed by atoms with Gasteiger partial charge in [-0.05, 0) is 66.3 Å². The number of halogens is 1. The van der Waals surface area contributed by atoms with Crippen LogP contribution >= 0.6 is 11.6 Å². The van der Waals surface area contributed by atoms with Gasteiger partial charge in [-0.25, -0.2) is 8.42 Å². The van der Waals surface area contributed by atoms with Gasteiger partial charge in [0.15, 0.2) is 0 Å². The van der Waals surface area contributed by atoms with Crippen molar-refractivity contribution in [3.63, 3.8) is 0 Å². The molecule has 0 fully saturated rings. The van der Waals surface area contributed by atoms with E-state index in [1.54, 1.807) is 42.5 Å². The Morgan fingerprint density at radius 1 is 1.03 bits per heavy atom. The summed E-state index contributed by atoms with van der Waals surface area (Å²) >= 11 is 6.23. The van der Waals surface area contributed by atoms with E-state index < -0.39 is 10.0 Å². The number of amides is 1. The molecule has 7 heteroatoms. The second-order valence-electron chi connectivity index (χ2n) is 8.03. The second-order valence-corrected chi connectivity index (χ2v) is 10.3. The molecule has 0 bridgehead atoms. The molecule has 1 N–H and O–H groups in total. The molecule has 0 radical (unpaired) electrons. The lowest BCUT2D eigenvalue weighted by molar-refractivity contribution is 0.0932. The standard InChI is InChI=1S/C25H25ClN2O3S/c1-32(30,31)28(17-20-8-3-5-11-23(20)26)21-15-13-19(14-16-21)25(29)27-24-12-6-9-18-7-2-4-10-22(18)24/h2-5,7-8,10-11,13-16,24H,6,9,12,17H2,1H3,(H,27,29)/t24-/m1/s1. The molecule has 0 unspecified atom stereocenters. The molecule has 1 amide bonds. The molecular formula is C25H25ClN2O3S. The fourth-order valence-electron chi connectivity index (χ4n) is 4.11. The van der Waals surface area contributed by atoms with Crippen molar-refractivity contribution >= 4 is 33.2 Å². The fraction of sp³-hybridized carbons (Fsp3) is 0.240. The molecule has 0 saturated heterocycles. The van der Waals surface area contributed by atoms with Crippen molar-refractivity contribution in [3.8, 4) is 0 Å². The number of hydrogen-bond donors (Lipinski definition) is 1. The first-order valence-corrected chi connectivity index (χ1v) is 12.8.